The zero-order valence-electron chi connectivity index (χ0n) is 11.9. The standard InChI is InChI=1S/C16H17NO3S/c1-20-12-3-2-10(9-17)15(8-12)16(18)11-6-13-4-5-14(7-11)21(13)19/h2-3,8,11,13-14H,4-7H2,1H3. The van der Waals surface area contributed by atoms with Crippen LogP contribution in [0.4, 0.5) is 0 Å². The third-order valence-electron chi connectivity index (χ3n) is 4.55. The van der Waals surface area contributed by atoms with Gasteiger partial charge in [0, 0.05) is 32.8 Å². The first-order chi connectivity index (χ1) is 10.1. The van der Waals surface area contributed by atoms with E-state index in [2.05, 4.69) is 6.07 Å². The summed E-state index contributed by atoms with van der Waals surface area (Å²) >= 11 is 0. The predicted molar refractivity (Wildman–Crippen MR) is 79.7 cm³/mol. The first-order valence-electron chi connectivity index (χ1n) is 7.15. The van der Waals surface area contributed by atoms with Crippen LogP contribution in [0.2, 0.25) is 0 Å². The third-order valence-corrected chi connectivity index (χ3v) is 6.72. The Labute approximate surface area is 126 Å². The average Bonchev–Trinajstić information content (AvgIpc) is 2.75. The molecule has 0 saturated carbocycles. The van der Waals surface area contributed by atoms with Gasteiger partial charge in [-0.1, -0.05) is 0 Å². The molecule has 2 fully saturated rings. The van der Waals surface area contributed by atoms with E-state index < -0.39 is 10.8 Å². The molecule has 2 atom stereocenters. The fraction of sp³-hybridized carbons (Fsp3) is 0.500. The number of carbonyl (C=O) groups is 1. The Morgan fingerprint density at radius 3 is 2.57 bits per heavy atom. The summed E-state index contributed by atoms with van der Waals surface area (Å²) in [7, 11) is 0.774. The number of hydrogen-bond donors (Lipinski definition) is 0. The first-order valence-corrected chi connectivity index (χ1v) is 8.43. The van der Waals surface area contributed by atoms with Gasteiger partial charge in [0.2, 0.25) is 0 Å². The Balaban J connectivity index is 1.89. The number of nitrogens with zero attached hydrogens (tertiary/aromatic N) is 1. The van der Waals surface area contributed by atoms with E-state index in [1.165, 1.54) is 0 Å². The minimum Gasteiger partial charge on any atom is -0.497 e. The molecule has 0 N–H and O–H groups in total. The van der Waals surface area contributed by atoms with E-state index in [9.17, 15) is 14.3 Å². The molecule has 0 aliphatic carbocycles. The summed E-state index contributed by atoms with van der Waals surface area (Å²) in [6.07, 6.45) is 3.29. The summed E-state index contributed by atoms with van der Waals surface area (Å²) in [5.74, 6) is 0.471. The van der Waals surface area contributed by atoms with Crippen molar-refractivity contribution in [2.45, 2.75) is 36.2 Å². The van der Waals surface area contributed by atoms with Crippen LogP contribution in [0.3, 0.4) is 0 Å². The maximum Gasteiger partial charge on any atom is 0.167 e. The number of fused-ring (bicyclic) bond motifs is 2. The summed E-state index contributed by atoms with van der Waals surface area (Å²) < 4.78 is 17.2. The van der Waals surface area contributed by atoms with Gasteiger partial charge in [0.1, 0.15) is 5.75 Å². The van der Waals surface area contributed by atoms with Crippen molar-refractivity contribution in [1.29, 1.82) is 5.26 Å². The fourth-order valence-electron chi connectivity index (χ4n) is 3.42. The number of ether oxygens (including phenoxy) is 1. The maximum absolute atomic E-state index is 12.8. The minimum absolute atomic E-state index is 0.000880. The second kappa shape index (κ2) is 5.61. The van der Waals surface area contributed by atoms with Crippen LogP contribution in [0.5, 0.6) is 5.75 Å². The molecule has 1 aromatic rings. The lowest BCUT2D eigenvalue weighted by atomic mass is 9.88. The van der Waals surface area contributed by atoms with Gasteiger partial charge in [0.25, 0.3) is 0 Å². The van der Waals surface area contributed by atoms with Gasteiger partial charge in [-0.15, -0.1) is 0 Å². The molecule has 0 radical (unpaired) electrons. The Bertz CT molecular complexity index is 633. The molecule has 1 aromatic carbocycles. The van der Waals surface area contributed by atoms with Gasteiger partial charge in [-0.2, -0.15) is 5.26 Å². The van der Waals surface area contributed by atoms with Crippen molar-refractivity contribution < 1.29 is 13.7 Å². The zero-order valence-corrected chi connectivity index (χ0v) is 12.7. The molecule has 2 aliphatic rings. The smallest absolute Gasteiger partial charge is 0.167 e. The summed E-state index contributed by atoms with van der Waals surface area (Å²) in [5.41, 5.74) is 0.828. The van der Waals surface area contributed by atoms with Crippen LogP contribution < -0.4 is 4.74 Å². The number of nitriles is 1. The Morgan fingerprint density at radius 2 is 2.00 bits per heavy atom. The number of hydrogen-bond acceptors (Lipinski definition) is 4. The van der Waals surface area contributed by atoms with Crippen LogP contribution in [0.25, 0.3) is 0 Å². The lowest BCUT2D eigenvalue weighted by molar-refractivity contribution is 0.0905. The van der Waals surface area contributed by atoms with Crippen molar-refractivity contribution in [3.8, 4) is 11.8 Å². The highest BCUT2D eigenvalue weighted by atomic mass is 32.2. The molecule has 2 unspecified atom stereocenters. The molecule has 2 heterocycles. The number of Topliss-reactive ketones (excluding diaryl/α,β-unsaturated/α-hetero) is 1. The molecule has 2 saturated heterocycles. The average molecular weight is 303 g/mol. The second-order valence-electron chi connectivity index (χ2n) is 5.71. The highest BCUT2D eigenvalue weighted by Gasteiger charge is 2.43. The number of benzene rings is 1. The monoisotopic (exact) mass is 303 g/mol. The topological polar surface area (TPSA) is 67.2 Å². The van der Waals surface area contributed by atoms with E-state index in [4.69, 9.17) is 4.74 Å². The molecule has 0 spiro atoms. The van der Waals surface area contributed by atoms with E-state index in [1.807, 2.05) is 0 Å². The van der Waals surface area contributed by atoms with Crippen molar-refractivity contribution in [3.05, 3.63) is 29.3 Å². The summed E-state index contributed by atoms with van der Waals surface area (Å²) in [5, 5.41) is 9.52. The van der Waals surface area contributed by atoms with Gasteiger partial charge in [-0.25, -0.2) is 0 Å². The molecular weight excluding hydrogens is 286 g/mol. The van der Waals surface area contributed by atoms with Crippen molar-refractivity contribution in [2.24, 2.45) is 5.92 Å². The number of ketones is 1. The van der Waals surface area contributed by atoms with Crippen LogP contribution in [0.15, 0.2) is 18.2 Å². The van der Waals surface area contributed by atoms with E-state index in [0.29, 0.717) is 29.7 Å². The van der Waals surface area contributed by atoms with E-state index in [1.54, 1.807) is 25.3 Å². The Morgan fingerprint density at radius 1 is 1.33 bits per heavy atom. The molecule has 21 heavy (non-hydrogen) atoms. The van der Waals surface area contributed by atoms with Gasteiger partial charge >= 0.3 is 0 Å². The van der Waals surface area contributed by atoms with Crippen LogP contribution in [-0.4, -0.2) is 27.6 Å². The van der Waals surface area contributed by atoms with Gasteiger partial charge < -0.3 is 4.74 Å². The van der Waals surface area contributed by atoms with Gasteiger partial charge in [-0.05, 0) is 43.9 Å². The van der Waals surface area contributed by atoms with Crippen molar-refractivity contribution >= 4 is 16.6 Å². The highest BCUT2D eigenvalue weighted by molar-refractivity contribution is 7.86. The zero-order chi connectivity index (χ0) is 15.0. The minimum atomic E-state index is -0.767. The van der Waals surface area contributed by atoms with Gasteiger partial charge in [0.15, 0.2) is 5.78 Å². The number of methoxy groups -OCH3 is 1. The van der Waals surface area contributed by atoms with Crippen LogP contribution >= 0.6 is 0 Å². The Hall–Kier alpha value is -1.67. The molecule has 3 rings (SSSR count). The molecule has 110 valence electrons. The SMILES string of the molecule is COc1ccc(C#N)c(C(=O)C2CC3CCC(C2)S3=O)c1. The quantitative estimate of drug-likeness (QED) is 0.804. The summed E-state index contributed by atoms with van der Waals surface area (Å²) in [4.78, 5) is 12.8. The van der Waals surface area contributed by atoms with Crippen molar-refractivity contribution in [3.63, 3.8) is 0 Å². The first kappa shape index (κ1) is 14.3. The number of rotatable bonds is 3. The highest BCUT2D eigenvalue weighted by Crippen LogP contribution is 2.40. The largest absolute Gasteiger partial charge is 0.497 e. The molecule has 0 amide bonds. The number of carbonyl (C=O) groups excluding carboxylic acids is 1. The fourth-order valence-corrected chi connectivity index (χ4v) is 5.54. The predicted octanol–water partition coefficient (Wildman–Crippen LogP) is 2.44. The summed E-state index contributed by atoms with van der Waals surface area (Å²) in [6, 6.07) is 7.04. The van der Waals surface area contributed by atoms with Gasteiger partial charge in [-0.3, -0.25) is 9.00 Å². The van der Waals surface area contributed by atoms with E-state index >= 15 is 0 Å². The van der Waals surface area contributed by atoms with Crippen molar-refractivity contribution in [2.75, 3.05) is 7.11 Å². The van der Waals surface area contributed by atoms with E-state index in [-0.39, 0.29) is 22.2 Å². The molecule has 5 heteroatoms. The molecule has 2 bridgehead atoms. The molecule has 0 aromatic heterocycles. The van der Waals surface area contributed by atoms with E-state index in [0.717, 1.165) is 12.8 Å². The molecule has 2 aliphatic heterocycles. The van der Waals surface area contributed by atoms with Crippen LogP contribution in [0, 0.1) is 17.2 Å². The van der Waals surface area contributed by atoms with Crippen molar-refractivity contribution in [1.82, 2.24) is 0 Å². The Kier molecular flexibility index (Phi) is 3.81. The maximum atomic E-state index is 12.8. The lowest BCUT2D eigenvalue weighted by Gasteiger charge is -2.26. The van der Waals surface area contributed by atoms with Crippen LogP contribution in [-0.2, 0) is 10.8 Å². The lowest BCUT2D eigenvalue weighted by Crippen LogP contribution is -2.32. The molecule has 4 nitrogen and oxygen atoms in total. The van der Waals surface area contributed by atoms with Crippen LogP contribution in [0.1, 0.15) is 41.6 Å². The normalized spacial score (nSPS) is 30.7. The van der Waals surface area contributed by atoms with Gasteiger partial charge in [0.05, 0.1) is 18.7 Å². The third kappa shape index (κ3) is 2.49. The summed E-state index contributed by atoms with van der Waals surface area (Å²) in [6.45, 7) is 0. The molecular formula is C16H17NO3S. The second-order valence-corrected chi connectivity index (χ2v) is 7.70.